The monoisotopic (exact) mass is 342 g/mol. The van der Waals surface area contributed by atoms with E-state index in [1.54, 1.807) is 0 Å². The van der Waals surface area contributed by atoms with Crippen LogP contribution in [0.25, 0.3) is 6.08 Å². The number of benzene rings is 1. The lowest BCUT2D eigenvalue weighted by Crippen LogP contribution is -2.63. The summed E-state index contributed by atoms with van der Waals surface area (Å²) in [5.74, 6) is -2.84. The summed E-state index contributed by atoms with van der Waals surface area (Å²) >= 11 is 0. The van der Waals surface area contributed by atoms with Gasteiger partial charge in [-0.05, 0) is 18.1 Å². The largest absolute Gasteiger partial charge is 0.455 e. The van der Waals surface area contributed by atoms with E-state index in [0.717, 1.165) is 6.92 Å². The predicted molar refractivity (Wildman–Crippen MR) is 68.1 cm³/mol. The van der Waals surface area contributed by atoms with Crippen molar-refractivity contribution in [1.82, 2.24) is 0 Å². The first-order valence-electron chi connectivity index (χ1n) is 6.14. The molecule has 0 amide bonds. The molecule has 1 N–H and O–H groups in total. The summed E-state index contributed by atoms with van der Waals surface area (Å²) in [5, 5.41) is 8.89. The van der Waals surface area contributed by atoms with Gasteiger partial charge in [-0.15, -0.1) is 0 Å². The number of hydrogen-bond acceptors (Lipinski definition) is 3. The predicted octanol–water partition coefficient (Wildman–Crippen LogP) is 3.79. The van der Waals surface area contributed by atoms with E-state index < -0.39 is 30.0 Å². The third-order valence-corrected chi connectivity index (χ3v) is 3.04. The molecule has 128 valence electrons. The molecule has 1 aromatic rings. The Bertz CT molecular complexity index is 560. The van der Waals surface area contributed by atoms with Crippen molar-refractivity contribution in [2.45, 2.75) is 31.0 Å². The van der Waals surface area contributed by atoms with Crippen LogP contribution in [0.3, 0.4) is 0 Å². The van der Waals surface area contributed by atoms with Gasteiger partial charge in [0.15, 0.2) is 0 Å². The van der Waals surface area contributed by atoms with E-state index in [9.17, 15) is 31.1 Å². The number of carbonyl (C=O) groups excluding carboxylic acids is 1. The molecule has 23 heavy (non-hydrogen) atoms. The Balaban J connectivity index is 3.05. The molecule has 0 fully saturated rings. The van der Waals surface area contributed by atoms with Crippen LogP contribution in [0.5, 0.6) is 0 Å². The molecule has 1 atom stereocenters. The number of esters is 1. The molecule has 3 nitrogen and oxygen atoms in total. The van der Waals surface area contributed by atoms with Crippen molar-refractivity contribution in [3.8, 4) is 0 Å². The van der Waals surface area contributed by atoms with E-state index >= 15 is 0 Å². The fraction of sp³-hybridized carbons (Fsp3) is 0.357. The highest BCUT2D eigenvalue weighted by molar-refractivity contribution is 5.81. The van der Waals surface area contributed by atoms with E-state index in [-0.39, 0.29) is 5.56 Å². The summed E-state index contributed by atoms with van der Waals surface area (Å²) in [6.45, 7) is 4.55. The van der Waals surface area contributed by atoms with Gasteiger partial charge >= 0.3 is 23.9 Å². The molecule has 0 radical (unpaired) electrons. The maximum absolute atomic E-state index is 12.5. The number of aliphatic hydroxyl groups is 1. The minimum Gasteiger partial charge on any atom is -0.455 e. The molecule has 0 bridgehead atoms. The van der Waals surface area contributed by atoms with Crippen LogP contribution in [0.15, 0.2) is 30.8 Å². The van der Waals surface area contributed by atoms with Gasteiger partial charge < -0.3 is 9.84 Å². The lowest BCUT2D eigenvalue weighted by atomic mass is 10.0. The van der Waals surface area contributed by atoms with Crippen molar-refractivity contribution in [1.29, 1.82) is 0 Å². The first-order valence-corrected chi connectivity index (χ1v) is 6.14. The van der Waals surface area contributed by atoms with Gasteiger partial charge in [0.1, 0.15) is 6.10 Å². The second-order valence-electron chi connectivity index (χ2n) is 4.62. The molecule has 1 unspecified atom stereocenters. The second-order valence-corrected chi connectivity index (χ2v) is 4.62. The van der Waals surface area contributed by atoms with Gasteiger partial charge in [-0.25, -0.2) is 4.79 Å². The van der Waals surface area contributed by atoms with Gasteiger partial charge in [-0.1, -0.05) is 36.9 Å². The molecule has 0 heterocycles. The van der Waals surface area contributed by atoms with E-state index in [4.69, 9.17) is 5.11 Å². The van der Waals surface area contributed by atoms with Gasteiger partial charge in [-0.2, -0.15) is 26.3 Å². The lowest BCUT2D eigenvalue weighted by molar-refractivity contribution is -0.357. The Labute approximate surface area is 127 Å². The number of halogens is 6. The van der Waals surface area contributed by atoms with Crippen molar-refractivity contribution >= 4 is 12.0 Å². The normalized spacial score (nSPS) is 14.3. The minimum atomic E-state index is -6.27. The van der Waals surface area contributed by atoms with Crippen molar-refractivity contribution in [2.75, 3.05) is 0 Å². The number of ether oxygens (including phenoxy) is 1. The van der Waals surface area contributed by atoms with Gasteiger partial charge in [0.2, 0.25) is 0 Å². The van der Waals surface area contributed by atoms with Crippen molar-refractivity contribution in [2.24, 2.45) is 0 Å². The fourth-order valence-electron chi connectivity index (χ4n) is 1.61. The first kappa shape index (κ1) is 19.0. The van der Waals surface area contributed by atoms with Gasteiger partial charge in [0.25, 0.3) is 0 Å². The van der Waals surface area contributed by atoms with Gasteiger partial charge in [0.05, 0.1) is 0 Å². The Morgan fingerprint density at radius 1 is 1.13 bits per heavy atom. The number of alkyl halides is 6. The van der Waals surface area contributed by atoms with Crippen LogP contribution < -0.4 is 0 Å². The average molecular weight is 342 g/mol. The zero-order valence-electron chi connectivity index (χ0n) is 11.7. The van der Waals surface area contributed by atoms with E-state index in [0.29, 0.717) is 5.56 Å². The zero-order chi connectivity index (χ0) is 18.1. The lowest BCUT2D eigenvalue weighted by Gasteiger charge is -2.31. The van der Waals surface area contributed by atoms with Crippen LogP contribution in [0, 0.1) is 0 Å². The van der Waals surface area contributed by atoms with E-state index in [1.165, 1.54) is 30.3 Å². The molecule has 1 rings (SSSR count). The second kappa shape index (κ2) is 6.23. The van der Waals surface area contributed by atoms with Crippen molar-refractivity contribution in [3.63, 3.8) is 0 Å². The fourth-order valence-corrected chi connectivity index (χ4v) is 1.61. The van der Waals surface area contributed by atoms with Gasteiger partial charge in [-0.3, -0.25) is 0 Å². The van der Waals surface area contributed by atoms with Crippen molar-refractivity contribution < 1.29 is 41.0 Å². The maximum atomic E-state index is 12.5. The van der Waals surface area contributed by atoms with Crippen LogP contribution in [0.1, 0.15) is 24.2 Å². The summed E-state index contributed by atoms with van der Waals surface area (Å²) < 4.78 is 79.3. The standard InChI is InChI=1S/C14H12F6O3/c1-3-9-4-6-10(7-5-9)8(2)23-11(21)12(22,13(15,16)17)14(18,19)20/h3-8,22H,1H2,2H3. The highest BCUT2D eigenvalue weighted by atomic mass is 19.4. The quantitative estimate of drug-likeness (QED) is 0.669. The molecule has 0 spiro atoms. The highest BCUT2D eigenvalue weighted by Crippen LogP contribution is 2.44. The zero-order valence-corrected chi connectivity index (χ0v) is 11.7. The van der Waals surface area contributed by atoms with Crippen LogP contribution >= 0.6 is 0 Å². The van der Waals surface area contributed by atoms with E-state index in [1.807, 2.05) is 0 Å². The SMILES string of the molecule is C=Cc1ccc(C(C)OC(=O)C(O)(C(F)(F)F)C(F)(F)F)cc1. The highest BCUT2D eigenvalue weighted by Gasteiger charge is 2.76. The number of carbonyl (C=O) groups is 1. The number of hydrogen-bond donors (Lipinski definition) is 1. The van der Waals surface area contributed by atoms with Crippen molar-refractivity contribution in [3.05, 3.63) is 42.0 Å². The molecule has 0 aliphatic heterocycles. The third kappa shape index (κ3) is 3.66. The summed E-state index contributed by atoms with van der Waals surface area (Å²) in [5.41, 5.74) is -4.79. The smallest absolute Gasteiger partial charge is 0.437 e. The van der Waals surface area contributed by atoms with Crippen LogP contribution in [0.4, 0.5) is 26.3 Å². The third-order valence-electron chi connectivity index (χ3n) is 3.04. The van der Waals surface area contributed by atoms with Crippen LogP contribution in [-0.4, -0.2) is 29.0 Å². The molecule has 0 saturated heterocycles. The Morgan fingerprint density at radius 3 is 1.91 bits per heavy atom. The van der Waals surface area contributed by atoms with Gasteiger partial charge in [0, 0.05) is 0 Å². The number of rotatable bonds is 4. The first-order chi connectivity index (χ1) is 10.3. The van der Waals surface area contributed by atoms with E-state index in [2.05, 4.69) is 11.3 Å². The molecule has 0 aliphatic rings. The Kier molecular flexibility index (Phi) is 5.15. The van der Waals surface area contributed by atoms with Crippen LogP contribution in [0.2, 0.25) is 0 Å². The minimum absolute atomic E-state index is 0.149. The summed E-state index contributed by atoms with van der Waals surface area (Å²) in [6, 6.07) is 5.64. The summed E-state index contributed by atoms with van der Waals surface area (Å²) in [7, 11) is 0. The molecule has 1 aromatic carbocycles. The molecule has 0 saturated carbocycles. The summed E-state index contributed by atoms with van der Waals surface area (Å²) in [4.78, 5) is 11.3. The Morgan fingerprint density at radius 2 is 1.57 bits per heavy atom. The average Bonchev–Trinajstić information content (AvgIpc) is 2.43. The molecule has 0 aliphatic carbocycles. The maximum Gasteiger partial charge on any atom is 0.437 e. The molecule has 9 heteroatoms. The topological polar surface area (TPSA) is 46.5 Å². The molecule has 0 aromatic heterocycles. The Hall–Kier alpha value is -2.03. The molecular formula is C14H12F6O3. The summed E-state index contributed by atoms with van der Waals surface area (Å²) in [6.07, 6.45) is -12.5. The van der Waals surface area contributed by atoms with Crippen LogP contribution in [-0.2, 0) is 9.53 Å². The molecular weight excluding hydrogens is 330 g/mol.